The van der Waals surface area contributed by atoms with Gasteiger partial charge in [-0.15, -0.1) is 0 Å². The molecule has 7 heteroatoms. The highest BCUT2D eigenvalue weighted by atomic mass is 16.2. The monoisotopic (exact) mass is 450 g/mol. The molecule has 1 spiro atoms. The molecule has 0 bridgehead atoms. The molecule has 2 aromatic rings. The third-order valence-electron chi connectivity index (χ3n) is 8.63. The van der Waals surface area contributed by atoms with Crippen molar-refractivity contribution < 1.29 is 14.4 Å². The summed E-state index contributed by atoms with van der Waals surface area (Å²) in [5.41, 5.74) is 2.79. The predicted molar refractivity (Wildman–Crippen MR) is 126 cm³/mol. The van der Waals surface area contributed by atoms with Crippen LogP contribution in [0.5, 0.6) is 0 Å². The lowest BCUT2D eigenvalue weighted by Crippen LogP contribution is -2.51. The summed E-state index contributed by atoms with van der Waals surface area (Å²) in [4.78, 5) is 45.6. The molecule has 2 N–H and O–H groups in total. The summed E-state index contributed by atoms with van der Waals surface area (Å²) in [6.45, 7) is 7.68. The summed E-state index contributed by atoms with van der Waals surface area (Å²) in [5.74, 6) is 0.151. The highest BCUT2D eigenvalue weighted by Gasteiger charge is 2.54. The second-order valence-electron chi connectivity index (χ2n) is 10.7. The van der Waals surface area contributed by atoms with Crippen LogP contribution in [0.25, 0.3) is 10.9 Å². The number of hydrogen-bond acceptors (Lipinski definition) is 3. The summed E-state index contributed by atoms with van der Waals surface area (Å²) in [6, 6.07) is 7.68. The van der Waals surface area contributed by atoms with Crippen LogP contribution in [0.4, 0.5) is 4.79 Å². The summed E-state index contributed by atoms with van der Waals surface area (Å²) < 4.78 is 0. The van der Waals surface area contributed by atoms with Crippen LogP contribution in [0.2, 0.25) is 0 Å². The fourth-order valence-corrected chi connectivity index (χ4v) is 5.95. The van der Waals surface area contributed by atoms with E-state index >= 15 is 0 Å². The van der Waals surface area contributed by atoms with Crippen molar-refractivity contribution in [3.8, 4) is 0 Å². The van der Waals surface area contributed by atoms with Gasteiger partial charge in [-0.2, -0.15) is 0 Å². The number of amides is 4. The van der Waals surface area contributed by atoms with Crippen molar-refractivity contribution in [2.75, 3.05) is 13.1 Å². The average molecular weight is 451 g/mol. The largest absolute Gasteiger partial charge is 0.358 e. The van der Waals surface area contributed by atoms with Crippen molar-refractivity contribution in [3.05, 3.63) is 35.5 Å². The number of imide groups is 1. The number of carbonyl (C=O) groups excluding carboxylic acids is 3. The van der Waals surface area contributed by atoms with E-state index in [0.717, 1.165) is 47.0 Å². The van der Waals surface area contributed by atoms with E-state index in [-0.39, 0.29) is 23.8 Å². The topological polar surface area (TPSA) is 85.5 Å². The lowest BCUT2D eigenvalue weighted by Gasteiger charge is -2.42. The molecule has 1 aromatic heterocycles. The maximum absolute atomic E-state index is 13.3. The molecule has 176 valence electrons. The Balaban J connectivity index is 1.26. The van der Waals surface area contributed by atoms with Gasteiger partial charge in [0, 0.05) is 41.7 Å². The number of nitrogens with zero attached hydrogens (tertiary/aromatic N) is 2. The number of H-pyrrole nitrogens is 1. The van der Waals surface area contributed by atoms with Crippen LogP contribution in [0.3, 0.4) is 0 Å². The quantitative estimate of drug-likeness (QED) is 0.691. The van der Waals surface area contributed by atoms with Gasteiger partial charge < -0.3 is 15.2 Å². The van der Waals surface area contributed by atoms with E-state index < -0.39 is 11.6 Å². The molecule has 0 unspecified atom stereocenters. The second kappa shape index (κ2) is 7.89. The van der Waals surface area contributed by atoms with E-state index in [0.29, 0.717) is 31.8 Å². The van der Waals surface area contributed by atoms with Crippen molar-refractivity contribution in [2.24, 2.45) is 11.3 Å². The van der Waals surface area contributed by atoms with Crippen LogP contribution >= 0.6 is 0 Å². The zero-order valence-corrected chi connectivity index (χ0v) is 19.9. The molecule has 3 aliphatic rings. The maximum Gasteiger partial charge on any atom is 0.325 e. The molecular weight excluding hydrogens is 416 g/mol. The lowest BCUT2D eigenvalue weighted by atomic mass is 9.65. The van der Waals surface area contributed by atoms with E-state index in [1.54, 1.807) is 4.90 Å². The van der Waals surface area contributed by atoms with Gasteiger partial charge in [-0.1, -0.05) is 45.4 Å². The number of benzene rings is 1. The zero-order chi connectivity index (χ0) is 23.4. The summed E-state index contributed by atoms with van der Waals surface area (Å²) in [7, 11) is 0. The van der Waals surface area contributed by atoms with Crippen LogP contribution < -0.4 is 5.32 Å². The minimum Gasteiger partial charge on any atom is -0.358 e. The fourth-order valence-electron chi connectivity index (χ4n) is 5.95. The van der Waals surface area contributed by atoms with Gasteiger partial charge in [0.05, 0.1) is 0 Å². The number of hydrogen-bond donors (Lipinski definition) is 2. The van der Waals surface area contributed by atoms with Crippen LogP contribution in [-0.2, 0) is 22.6 Å². The van der Waals surface area contributed by atoms with Gasteiger partial charge in [-0.25, -0.2) is 4.79 Å². The number of aromatic nitrogens is 1. The number of fused-ring (bicyclic) bond motifs is 3. The summed E-state index contributed by atoms with van der Waals surface area (Å²) in [6.07, 6.45) is 4.99. The first-order valence-electron chi connectivity index (χ1n) is 12.2. The number of rotatable bonds is 4. The van der Waals surface area contributed by atoms with Crippen LogP contribution in [0.1, 0.15) is 64.1 Å². The molecule has 0 atom stereocenters. The van der Waals surface area contributed by atoms with Crippen molar-refractivity contribution in [1.29, 1.82) is 0 Å². The molecule has 3 heterocycles. The molecule has 2 fully saturated rings. The Labute approximate surface area is 194 Å². The first-order chi connectivity index (χ1) is 15.7. The molecule has 1 aliphatic carbocycles. The predicted octanol–water partition coefficient (Wildman–Crippen LogP) is 3.97. The Kier molecular flexibility index (Phi) is 5.26. The molecule has 1 aromatic carbocycles. The highest BCUT2D eigenvalue weighted by molar-refractivity contribution is 6.09. The first-order valence-corrected chi connectivity index (χ1v) is 12.2. The smallest absolute Gasteiger partial charge is 0.325 e. The maximum atomic E-state index is 13.3. The number of aromatic amines is 1. The SMILES string of the molecule is CCC(C)(C)C1CCC2(CC1)NC(=O)N(CC(=O)N1CCc3[nH]c4ccccc4c3C1)C2=O. The molecule has 1 saturated carbocycles. The molecule has 1 saturated heterocycles. The van der Waals surface area contributed by atoms with E-state index in [4.69, 9.17) is 0 Å². The number of urea groups is 1. The average Bonchev–Trinajstić information content (AvgIpc) is 3.29. The Morgan fingerprint density at radius 2 is 1.91 bits per heavy atom. The van der Waals surface area contributed by atoms with E-state index in [2.05, 4.69) is 37.1 Å². The molecule has 5 rings (SSSR count). The minimum absolute atomic E-state index is 0.174. The number of carbonyl (C=O) groups is 3. The van der Waals surface area contributed by atoms with Gasteiger partial charge >= 0.3 is 6.03 Å². The Bertz CT molecular complexity index is 1110. The van der Waals surface area contributed by atoms with Crippen LogP contribution in [0, 0.1) is 11.3 Å². The van der Waals surface area contributed by atoms with Gasteiger partial charge in [0.2, 0.25) is 5.91 Å². The second-order valence-corrected chi connectivity index (χ2v) is 10.7. The van der Waals surface area contributed by atoms with Gasteiger partial charge in [-0.05, 0) is 43.1 Å². The Morgan fingerprint density at radius 1 is 1.18 bits per heavy atom. The number of para-hydroxylation sites is 1. The molecule has 4 amide bonds. The van der Waals surface area contributed by atoms with Gasteiger partial charge in [0.25, 0.3) is 5.91 Å². The molecule has 2 aliphatic heterocycles. The van der Waals surface area contributed by atoms with Gasteiger partial charge in [0.15, 0.2) is 0 Å². The van der Waals surface area contributed by atoms with Crippen molar-refractivity contribution >= 4 is 28.7 Å². The summed E-state index contributed by atoms with van der Waals surface area (Å²) in [5, 5.41) is 4.10. The zero-order valence-electron chi connectivity index (χ0n) is 19.9. The molecule has 0 radical (unpaired) electrons. The van der Waals surface area contributed by atoms with Crippen LogP contribution in [0.15, 0.2) is 24.3 Å². The van der Waals surface area contributed by atoms with Crippen molar-refractivity contribution in [2.45, 2.75) is 71.4 Å². The van der Waals surface area contributed by atoms with Crippen molar-refractivity contribution in [1.82, 2.24) is 20.1 Å². The Morgan fingerprint density at radius 3 is 2.64 bits per heavy atom. The van der Waals surface area contributed by atoms with Gasteiger partial charge in [0.1, 0.15) is 12.1 Å². The van der Waals surface area contributed by atoms with Gasteiger partial charge in [-0.3, -0.25) is 14.5 Å². The Hall–Kier alpha value is -2.83. The lowest BCUT2D eigenvalue weighted by molar-refractivity contribution is -0.140. The van der Waals surface area contributed by atoms with E-state index in [9.17, 15) is 14.4 Å². The van der Waals surface area contributed by atoms with Crippen molar-refractivity contribution in [3.63, 3.8) is 0 Å². The summed E-state index contributed by atoms with van der Waals surface area (Å²) >= 11 is 0. The molecular formula is C26H34N4O3. The fraction of sp³-hybridized carbons (Fsp3) is 0.577. The van der Waals surface area contributed by atoms with E-state index in [1.807, 2.05) is 18.2 Å². The first kappa shape index (κ1) is 22.0. The third-order valence-corrected chi connectivity index (χ3v) is 8.63. The number of nitrogens with one attached hydrogen (secondary N) is 2. The third kappa shape index (κ3) is 3.62. The highest BCUT2D eigenvalue weighted by Crippen LogP contribution is 2.45. The molecule has 33 heavy (non-hydrogen) atoms. The standard InChI is InChI=1S/C26H34N4O3/c1-4-25(2,3)17-9-12-26(13-10-17)23(32)30(24(33)28-26)16-22(31)29-14-11-21-19(15-29)18-7-5-6-8-20(18)27-21/h5-8,17,27H,4,9-16H2,1-3H3,(H,28,33). The minimum atomic E-state index is -0.830. The normalized spacial score (nSPS) is 25.6. The molecule has 7 nitrogen and oxygen atoms in total. The van der Waals surface area contributed by atoms with Crippen LogP contribution in [-0.4, -0.2) is 51.3 Å². The van der Waals surface area contributed by atoms with E-state index in [1.165, 1.54) is 5.69 Å².